The van der Waals surface area contributed by atoms with Gasteiger partial charge in [0, 0.05) is 8.04 Å². The van der Waals surface area contributed by atoms with Gasteiger partial charge in [-0.15, -0.1) is 0 Å². The van der Waals surface area contributed by atoms with E-state index < -0.39 is 11.9 Å². The van der Waals surface area contributed by atoms with Gasteiger partial charge < -0.3 is 15.5 Å². The summed E-state index contributed by atoms with van der Waals surface area (Å²) in [6, 6.07) is 9.04. The van der Waals surface area contributed by atoms with Crippen LogP contribution in [0.15, 0.2) is 40.9 Å². The van der Waals surface area contributed by atoms with Gasteiger partial charge in [0.1, 0.15) is 5.75 Å². The number of carbonyl (C=O) groups is 2. The molecule has 3 N–H and O–H groups in total. The van der Waals surface area contributed by atoms with Crippen molar-refractivity contribution in [2.24, 2.45) is 0 Å². The van der Waals surface area contributed by atoms with E-state index in [1.807, 2.05) is 6.07 Å². The van der Waals surface area contributed by atoms with E-state index in [1.54, 1.807) is 12.1 Å². The summed E-state index contributed by atoms with van der Waals surface area (Å²) < 4.78 is 1.52. The maximum atomic E-state index is 12.2. The Morgan fingerprint density at radius 1 is 1.14 bits per heavy atom. The van der Waals surface area contributed by atoms with Crippen molar-refractivity contribution in [2.45, 2.75) is 0 Å². The predicted octanol–water partition coefficient (Wildman–Crippen LogP) is 3.71. The molecule has 0 bridgehead atoms. The molecule has 0 fully saturated rings. The maximum Gasteiger partial charge on any atom is 0.335 e. The SMILES string of the molecule is O=C(O)c1ccc(NC(=O)c2cc(I)ccc2Br)c(O)c1. The van der Waals surface area contributed by atoms with E-state index in [0.717, 1.165) is 9.64 Å². The second-order valence-electron chi connectivity index (χ2n) is 4.12. The van der Waals surface area contributed by atoms with Gasteiger partial charge in [-0.3, -0.25) is 4.79 Å². The summed E-state index contributed by atoms with van der Waals surface area (Å²) in [6.07, 6.45) is 0. The number of aromatic carboxylic acids is 1. The van der Waals surface area contributed by atoms with Gasteiger partial charge in [0.2, 0.25) is 0 Å². The first-order valence-electron chi connectivity index (χ1n) is 5.71. The quantitative estimate of drug-likeness (QED) is 0.480. The number of hydrogen-bond acceptors (Lipinski definition) is 3. The zero-order chi connectivity index (χ0) is 15.6. The number of nitrogens with one attached hydrogen (secondary N) is 1. The molecule has 0 saturated carbocycles. The highest BCUT2D eigenvalue weighted by atomic mass is 127. The van der Waals surface area contributed by atoms with Crippen LogP contribution in [0.25, 0.3) is 0 Å². The molecule has 0 aliphatic carbocycles. The van der Waals surface area contributed by atoms with E-state index in [4.69, 9.17) is 5.11 Å². The van der Waals surface area contributed by atoms with Crippen LogP contribution in [0.5, 0.6) is 5.75 Å². The number of phenolic OH excluding ortho intramolecular Hbond substituents is 1. The standard InChI is InChI=1S/C14H9BrINO4/c15-10-3-2-8(16)6-9(10)13(19)17-11-4-1-7(14(20)21)5-12(11)18/h1-6,18H,(H,17,19)(H,20,21). The van der Waals surface area contributed by atoms with Crippen molar-refractivity contribution in [3.8, 4) is 5.75 Å². The van der Waals surface area contributed by atoms with Gasteiger partial charge in [-0.25, -0.2) is 4.79 Å². The molecule has 7 heteroatoms. The highest BCUT2D eigenvalue weighted by Crippen LogP contribution is 2.26. The Morgan fingerprint density at radius 3 is 2.48 bits per heavy atom. The van der Waals surface area contributed by atoms with Crippen molar-refractivity contribution in [2.75, 3.05) is 5.32 Å². The Labute approximate surface area is 142 Å². The minimum absolute atomic E-state index is 0.0547. The number of phenols is 1. The lowest BCUT2D eigenvalue weighted by Gasteiger charge is -2.09. The van der Waals surface area contributed by atoms with Gasteiger partial charge >= 0.3 is 5.97 Å². The second kappa shape index (κ2) is 6.44. The fourth-order valence-electron chi connectivity index (χ4n) is 1.63. The Bertz CT molecular complexity index is 733. The zero-order valence-electron chi connectivity index (χ0n) is 10.4. The number of rotatable bonds is 3. The van der Waals surface area contributed by atoms with Crippen LogP contribution in [-0.2, 0) is 0 Å². The molecule has 0 saturated heterocycles. The fraction of sp³-hybridized carbons (Fsp3) is 0. The number of hydrogen-bond donors (Lipinski definition) is 3. The van der Waals surface area contributed by atoms with Gasteiger partial charge in [0.05, 0.1) is 16.8 Å². The van der Waals surface area contributed by atoms with E-state index >= 15 is 0 Å². The minimum atomic E-state index is -1.15. The molecule has 108 valence electrons. The van der Waals surface area contributed by atoms with Crippen LogP contribution >= 0.6 is 38.5 Å². The summed E-state index contributed by atoms with van der Waals surface area (Å²) >= 11 is 5.38. The molecule has 0 aromatic heterocycles. The van der Waals surface area contributed by atoms with E-state index in [0.29, 0.717) is 10.0 Å². The normalized spacial score (nSPS) is 10.2. The van der Waals surface area contributed by atoms with Gasteiger partial charge in [-0.1, -0.05) is 0 Å². The monoisotopic (exact) mass is 461 g/mol. The molecular weight excluding hydrogens is 453 g/mol. The molecule has 0 spiro atoms. The molecule has 0 aliphatic rings. The van der Waals surface area contributed by atoms with Gasteiger partial charge in [0.25, 0.3) is 5.91 Å². The Morgan fingerprint density at radius 2 is 1.86 bits per heavy atom. The van der Waals surface area contributed by atoms with E-state index in [2.05, 4.69) is 43.8 Å². The highest BCUT2D eigenvalue weighted by molar-refractivity contribution is 14.1. The number of amides is 1. The summed E-state index contributed by atoms with van der Waals surface area (Å²) in [5.74, 6) is -1.85. The van der Waals surface area contributed by atoms with E-state index in [1.165, 1.54) is 12.1 Å². The lowest BCUT2D eigenvalue weighted by molar-refractivity contribution is 0.0696. The Balaban J connectivity index is 2.27. The molecule has 0 heterocycles. The summed E-state index contributed by atoms with van der Waals surface area (Å²) in [7, 11) is 0. The van der Waals surface area contributed by atoms with Crippen molar-refractivity contribution in [3.05, 3.63) is 55.6 Å². The maximum absolute atomic E-state index is 12.2. The molecule has 0 unspecified atom stereocenters. The molecule has 0 radical (unpaired) electrons. The molecule has 2 rings (SSSR count). The largest absolute Gasteiger partial charge is 0.506 e. The lowest BCUT2D eigenvalue weighted by atomic mass is 10.1. The minimum Gasteiger partial charge on any atom is -0.506 e. The smallest absolute Gasteiger partial charge is 0.335 e. The summed E-state index contributed by atoms with van der Waals surface area (Å²) in [4.78, 5) is 23.0. The first-order valence-corrected chi connectivity index (χ1v) is 7.58. The summed E-state index contributed by atoms with van der Waals surface area (Å²) in [6.45, 7) is 0. The molecule has 2 aromatic carbocycles. The third-order valence-electron chi connectivity index (χ3n) is 2.67. The molecule has 21 heavy (non-hydrogen) atoms. The number of carboxylic acids is 1. The van der Waals surface area contributed by atoms with Crippen molar-refractivity contribution in [3.63, 3.8) is 0 Å². The number of halogens is 2. The van der Waals surface area contributed by atoms with Crippen LogP contribution in [0.4, 0.5) is 5.69 Å². The topological polar surface area (TPSA) is 86.6 Å². The van der Waals surface area contributed by atoms with Crippen molar-refractivity contribution < 1.29 is 19.8 Å². The molecule has 0 aliphatic heterocycles. The van der Waals surface area contributed by atoms with Crippen LogP contribution in [0.3, 0.4) is 0 Å². The van der Waals surface area contributed by atoms with Gasteiger partial charge in [0.15, 0.2) is 0 Å². The third kappa shape index (κ3) is 3.73. The highest BCUT2D eigenvalue weighted by Gasteiger charge is 2.14. The number of carboxylic acid groups (broad SMARTS) is 1. The van der Waals surface area contributed by atoms with Crippen LogP contribution in [0.1, 0.15) is 20.7 Å². The van der Waals surface area contributed by atoms with Crippen LogP contribution in [-0.4, -0.2) is 22.1 Å². The molecule has 0 atom stereocenters. The average molecular weight is 462 g/mol. The number of benzene rings is 2. The number of aromatic hydroxyl groups is 1. The first-order chi connectivity index (χ1) is 9.88. The number of anilines is 1. The molecule has 2 aromatic rings. The van der Waals surface area contributed by atoms with E-state index in [-0.39, 0.29) is 17.0 Å². The molecule has 5 nitrogen and oxygen atoms in total. The second-order valence-corrected chi connectivity index (χ2v) is 6.22. The summed E-state index contributed by atoms with van der Waals surface area (Å²) in [5, 5.41) is 21.1. The van der Waals surface area contributed by atoms with Crippen LogP contribution < -0.4 is 5.32 Å². The van der Waals surface area contributed by atoms with Gasteiger partial charge in [-0.05, 0) is 74.9 Å². The van der Waals surface area contributed by atoms with Crippen molar-refractivity contribution in [1.82, 2.24) is 0 Å². The molecular formula is C14H9BrINO4. The molecule has 1 amide bonds. The first kappa shape index (κ1) is 15.8. The fourth-order valence-corrected chi connectivity index (χ4v) is 2.55. The number of carbonyl (C=O) groups excluding carboxylic acids is 1. The van der Waals surface area contributed by atoms with Gasteiger partial charge in [-0.2, -0.15) is 0 Å². The van der Waals surface area contributed by atoms with Crippen molar-refractivity contribution in [1.29, 1.82) is 0 Å². The lowest BCUT2D eigenvalue weighted by Crippen LogP contribution is -2.13. The van der Waals surface area contributed by atoms with Crippen molar-refractivity contribution >= 4 is 56.1 Å². The average Bonchev–Trinajstić information content (AvgIpc) is 2.43. The zero-order valence-corrected chi connectivity index (χ0v) is 14.2. The van der Waals surface area contributed by atoms with E-state index in [9.17, 15) is 14.7 Å². The predicted molar refractivity (Wildman–Crippen MR) is 89.9 cm³/mol. The van der Waals surface area contributed by atoms with Crippen LogP contribution in [0, 0.1) is 3.57 Å². The summed E-state index contributed by atoms with van der Waals surface area (Å²) in [5.41, 5.74) is 0.514. The van der Waals surface area contributed by atoms with Crippen LogP contribution in [0.2, 0.25) is 0 Å². The third-order valence-corrected chi connectivity index (χ3v) is 4.03. The Kier molecular flexibility index (Phi) is 4.84. The Hall–Kier alpha value is -1.61.